The van der Waals surface area contributed by atoms with Gasteiger partial charge in [-0.2, -0.15) is 0 Å². The van der Waals surface area contributed by atoms with Crippen LogP contribution >= 0.6 is 11.6 Å². The van der Waals surface area contributed by atoms with E-state index in [1.165, 1.54) is 0 Å². The van der Waals surface area contributed by atoms with E-state index in [9.17, 15) is 4.79 Å². The maximum Gasteiger partial charge on any atom is 0.340 e. The van der Waals surface area contributed by atoms with Crippen LogP contribution in [0.25, 0.3) is 11.0 Å². The number of anilines is 1. The van der Waals surface area contributed by atoms with Gasteiger partial charge >= 0.3 is 5.63 Å². The van der Waals surface area contributed by atoms with Crippen molar-refractivity contribution in [2.24, 2.45) is 0 Å². The predicted molar refractivity (Wildman–Crippen MR) is 129 cm³/mol. The van der Waals surface area contributed by atoms with Crippen molar-refractivity contribution in [2.75, 3.05) is 11.6 Å². The van der Waals surface area contributed by atoms with Gasteiger partial charge in [0.15, 0.2) is 6.73 Å². The molecule has 2 heterocycles. The predicted octanol–water partition coefficient (Wildman–Crippen LogP) is 6.32. The van der Waals surface area contributed by atoms with Crippen LogP contribution in [0.15, 0.2) is 63.8 Å². The molecule has 0 N–H and O–H groups in total. The highest BCUT2D eigenvalue weighted by molar-refractivity contribution is 6.31. The molecule has 0 aliphatic carbocycles. The van der Waals surface area contributed by atoms with Crippen LogP contribution in [0.3, 0.4) is 0 Å². The number of benzene rings is 3. The van der Waals surface area contributed by atoms with Gasteiger partial charge < -0.3 is 14.1 Å². The van der Waals surface area contributed by atoms with Crippen molar-refractivity contribution in [3.05, 3.63) is 103 Å². The Kier molecular flexibility index (Phi) is 5.18. The van der Waals surface area contributed by atoms with Crippen LogP contribution in [-0.4, -0.2) is 6.73 Å². The highest BCUT2D eigenvalue weighted by Crippen LogP contribution is 2.38. The van der Waals surface area contributed by atoms with E-state index < -0.39 is 0 Å². The van der Waals surface area contributed by atoms with Gasteiger partial charge in [-0.05, 0) is 55.7 Å². The Morgan fingerprint density at radius 1 is 1.00 bits per heavy atom. The summed E-state index contributed by atoms with van der Waals surface area (Å²) < 4.78 is 11.9. The molecule has 0 amide bonds. The number of hydrogen-bond acceptors (Lipinski definition) is 4. The molecule has 0 fully saturated rings. The third-order valence-electron chi connectivity index (χ3n) is 6.30. The summed E-state index contributed by atoms with van der Waals surface area (Å²) in [7, 11) is 0. The highest BCUT2D eigenvalue weighted by Gasteiger charge is 2.24. The molecule has 0 radical (unpaired) electrons. The molecule has 3 aromatic carbocycles. The number of halogens is 1. The van der Waals surface area contributed by atoms with E-state index >= 15 is 0 Å². The second kappa shape index (κ2) is 8.03. The summed E-state index contributed by atoms with van der Waals surface area (Å²) in [5, 5.41) is 1.70. The third kappa shape index (κ3) is 3.55. The third-order valence-corrected chi connectivity index (χ3v) is 6.71. The van der Waals surface area contributed by atoms with Crippen molar-refractivity contribution < 1.29 is 9.15 Å². The van der Waals surface area contributed by atoms with Crippen LogP contribution in [0.4, 0.5) is 5.69 Å². The lowest BCUT2D eigenvalue weighted by molar-refractivity contribution is 0.287. The van der Waals surface area contributed by atoms with Crippen LogP contribution in [0.1, 0.15) is 33.4 Å². The van der Waals surface area contributed by atoms with Gasteiger partial charge in [-0.3, -0.25) is 0 Å². The fourth-order valence-corrected chi connectivity index (χ4v) is 4.57. The van der Waals surface area contributed by atoms with Crippen LogP contribution in [-0.2, 0) is 13.0 Å². The van der Waals surface area contributed by atoms with Crippen LogP contribution in [0.2, 0.25) is 5.02 Å². The van der Waals surface area contributed by atoms with E-state index in [0.29, 0.717) is 30.8 Å². The van der Waals surface area contributed by atoms with Gasteiger partial charge in [0.25, 0.3) is 0 Å². The standard InChI is InChI=1S/C27H24ClNO3/c1-16-9-10-21(13-24(16)28)29-14-20-12-22-17(2)23(11-19-7-5-4-6-8-19)27(30)32-26(22)18(3)25(20)31-15-29/h4-10,12-13H,11,14-15H2,1-3H3. The lowest BCUT2D eigenvalue weighted by Gasteiger charge is -2.32. The fraction of sp³-hybridized carbons (Fsp3) is 0.222. The van der Waals surface area contributed by atoms with Gasteiger partial charge in [-0.25, -0.2) is 4.79 Å². The van der Waals surface area contributed by atoms with E-state index in [0.717, 1.165) is 49.7 Å². The van der Waals surface area contributed by atoms with E-state index in [1.807, 2.05) is 63.2 Å². The molecule has 0 saturated carbocycles. The molecular weight excluding hydrogens is 422 g/mol. The van der Waals surface area contributed by atoms with Gasteiger partial charge in [0.05, 0.1) is 0 Å². The number of fused-ring (bicyclic) bond motifs is 2. The quantitative estimate of drug-likeness (QED) is 0.346. The van der Waals surface area contributed by atoms with Crippen molar-refractivity contribution in [3.8, 4) is 5.75 Å². The minimum Gasteiger partial charge on any atom is -0.472 e. The van der Waals surface area contributed by atoms with Gasteiger partial charge in [0, 0.05) is 45.8 Å². The second-order valence-electron chi connectivity index (χ2n) is 8.43. The average molecular weight is 446 g/mol. The summed E-state index contributed by atoms with van der Waals surface area (Å²) in [4.78, 5) is 15.0. The van der Waals surface area contributed by atoms with Crippen LogP contribution in [0.5, 0.6) is 5.75 Å². The SMILES string of the molecule is Cc1ccc(N2COc3c(cc4c(C)c(Cc5ccccc5)c(=O)oc4c3C)C2)cc1Cl. The van der Waals surface area contributed by atoms with Gasteiger partial charge in [0.2, 0.25) is 0 Å². The molecule has 162 valence electrons. The molecular formula is C27H24ClNO3. The number of hydrogen-bond donors (Lipinski definition) is 0. The lowest BCUT2D eigenvalue weighted by atomic mass is 9.96. The minimum absolute atomic E-state index is 0.284. The van der Waals surface area contributed by atoms with Crippen molar-refractivity contribution in [1.29, 1.82) is 0 Å². The maximum atomic E-state index is 12.8. The average Bonchev–Trinajstić information content (AvgIpc) is 2.80. The molecule has 1 aliphatic heterocycles. The summed E-state index contributed by atoms with van der Waals surface area (Å²) in [6, 6.07) is 18.2. The second-order valence-corrected chi connectivity index (χ2v) is 8.83. The zero-order valence-electron chi connectivity index (χ0n) is 18.4. The largest absolute Gasteiger partial charge is 0.472 e. The Labute approximate surface area is 192 Å². The minimum atomic E-state index is -0.284. The summed E-state index contributed by atoms with van der Waals surface area (Å²) in [5.74, 6) is 0.797. The van der Waals surface area contributed by atoms with Crippen LogP contribution < -0.4 is 15.3 Å². The Hall–Kier alpha value is -3.24. The molecule has 1 aromatic heterocycles. The van der Waals surface area contributed by atoms with Crippen molar-refractivity contribution in [3.63, 3.8) is 0 Å². The number of aryl methyl sites for hydroxylation is 3. The normalized spacial score (nSPS) is 13.2. The summed E-state index contributed by atoms with van der Waals surface area (Å²) in [6.07, 6.45) is 0.547. The van der Waals surface area contributed by atoms with Gasteiger partial charge in [0.1, 0.15) is 11.3 Å². The molecule has 0 atom stereocenters. The molecule has 32 heavy (non-hydrogen) atoms. The zero-order valence-corrected chi connectivity index (χ0v) is 19.1. The Bertz CT molecular complexity index is 1390. The number of ether oxygens (including phenoxy) is 1. The number of nitrogens with zero attached hydrogens (tertiary/aromatic N) is 1. The van der Waals surface area contributed by atoms with E-state index in [1.54, 1.807) is 0 Å². The van der Waals surface area contributed by atoms with Gasteiger partial charge in [-0.1, -0.05) is 48.0 Å². The van der Waals surface area contributed by atoms with Crippen LogP contribution in [0, 0.1) is 20.8 Å². The first-order valence-electron chi connectivity index (χ1n) is 10.7. The smallest absolute Gasteiger partial charge is 0.340 e. The Morgan fingerprint density at radius 3 is 2.53 bits per heavy atom. The topological polar surface area (TPSA) is 42.7 Å². The molecule has 4 aromatic rings. The molecule has 4 nitrogen and oxygen atoms in total. The van der Waals surface area contributed by atoms with Crippen molar-refractivity contribution in [2.45, 2.75) is 33.7 Å². The summed E-state index contributed by atoms with van der Waals surface area (Å²) in [5.41, 5.74) is 7.07. The molecule has 0 saturated heterocycles. The van der Waals surface area contributed by atoms with E-state index in [-0.39, 0.29) is 5.63 Å². The maximum absolute atomic E-state index is 12.8. The zero-order chi connectivity index (χ0) is 22.4. The molecule has 0 unspecified atom stereocenters. The first-order valence-corrected chi connectivity index (χ1v) is 11.1. The number of rotatable bonds is 3. The fourth-order valence-electron chi connectivity index (χ4n) is 4.39. The summed E-state index contributed by atoms with van der Waals surface area (Å²) in [6.45, 7) is 7.06. The highest BCUT2D eigenvalue weighted by atomic mass is 35.5. The van der Waals surface area contributed by atoms with E-state index in [4.69, 9.17) is 20.8 Å². The molecule has 0 bridgehead atoms. The van der Waals surface area contributed by atoms with E-state index in [2.05, 4.69) is 17.0 Å². The van der Waals surface area contributed by atoms with Crippen molar-refractivity contribution in [1.82, 2.24) is 0 Å². The molecule has 5 heteroatoms. The Morgan fingerprint density at radius 2 is 1.78 bits per heavy atom. The first-order chi connectivity index (χ1) is 15.4. The summed E-state index contributed by atoms with van der Waals surface area (Å²) >= 11 is 6.35. The monoisotopic (exact) mass is 445 g/mol. The first kappa shape index (κ1) is 20.7. The van der Waals surface area contributed by atoms with Gasteiger partial charge in [-0.15, -0.1) is 0 Å². The molecule has 1 aliphatic rings. The molecule has 5 rings (SSSR count). The van der Waals surface area contributed by atoms with Crippen molar-refractivity contribution >= 4 is 28.3 Å². The Balaban J connectivity index is 1.58. The molecule has 0 spiro atoms. The lowest BCUT2D eigenvalue weighted by Crippen LogP contribution is -2.32.